The average Bonchev–Trinajstić information content (AvgIpc) is 2.30. The lowest BCUT2D eigenvalue weighted by atomic mass is 9.80. The highest BCUT2D eigenvalue weighted by molar-refractivity contribution is 6.58. The van der Waals surface area contributed by atoms with Crippen LogP contribution < -0.4 is 15.7 Å². The Kier molecular flexibility index (Phi) is 7.58. The van der Waals surface area contributed by atoms with Crippen molar-refractivity contribution in [1.82, 2.24) is 5.32 Å². The Morgan fingerprint density at radius 2 is 1.53 bits per heavy atom. The summed E-state index contributed by atoms with van der Waals surface area (Å²) in [6.45, 7) is 4.01. The zero-order valence-corrected chi connectivity index (χ0v) is 11.0. The van der Waals surface area contributed by atoms with Crippen molar-refractivity contribution in [3.05, 3.63) is 24.3 Å². The van der Waals surface area contributed by atoms with E-state index in [1.54, 1.807) is 12.1 Å². The van der Waals surface area contributed by atoms with Crippen LogP contribution in [0, 0.1) is 0 Å². The summed E-state index contributed by atoms with van der Waals surface area (Å²) in [6, 6.07) is 7.37. The fraction of sp³-hybridized carbons (Fsp3) is 0.400. The molecule has 1 aromatic carbocycles. The third-order valence-electron chi connectivity index (χ3n) is 2.67. The van der Waals surface area contributed by atoms with Gasteiger partial charge in [0.15, 0.2) is 0 Å². The van der Waals surface area contributed by atoms with Crippen molar-refractivity contribution in [2.24, 2.45) is 0 Å². The third-order valence-corrected chi connectivity index (χ3v) is 2.67. The molecule has 17 heavy (non-hydrogen) atoms. The molecule has 1 aliphatic heterocycles. The highest BCUT2D eigenvalue weighted by atomic mass is 35.5. The first-order valence-electron chi connectivity index (χ1n) is 5.19. The van der Waals surface area contributed by atoms with Crippen LogP contribution in [0.25, 0.3) is 0 Å². The maximum Gasteiger partial charge on any atom is 0.488 e. The summed E-state index contributed by atoms with van der Waals surface area (Å²) in [6.07, 6.45) is 0. The van der Waals surface area contributed by atoms with Gasteiger partial charge in [0.1, 0.15) is 0 Å². The van der Waals surface area contributed by atoms with Crippen LogP contribution >= 0.6 is 24.8 Å². The molecule has 1 saturated heterocycles. The maximum absolute atomic E-state index is 8.96. The summed E-state index contributed by atoms with van der Waals surface area (Å²) >= 11 is 0. The van der Waals surface area contributed by atoms with Crippen LogP contribution in [0.2, 0.25) is 0 Å². The van der Waals surface area contributed by atoms with E-state index in [9.17, 15) is 0 Å². The first-order chi connectivity index (χ1) is 7.27. The van der Waals surface area contributed by atoms with E-state index in [0.29, 0.717) is 5.46 Å². The first-order valence-corrected chi connectivity index (χ1v) is 5.19. The van der Waals surface area contributed by atoms with Crippen LogP contribution in [0.1, 0.15) is 0 Å². The number of piperazine rings is 1. The van der Waals surface area contributed by atoms with Gasteiger partial charge in [-0.05, 0) is 17.6 Å². The van der Waals surface area contributed by atoms with Crippen LogP contribution in [-0.2, 0) is 0 Å². The SMILES string of the molecule is Cl.Cl.OB(O)c1ccc(N2CCNCC2)cc1. The van der Waals surface area contributed by atoms with E-state index in [2.05, 4.69) is 10.2 Å². The maximum atomic E-state index is 8.96. The first kappa shape index (κ1) is 16.5. The van der Waals surface area contributed by atoms with E-state index >= 15 is 0 Å². The standard InChI is InChI=1S/C10H15BN2O2.2ClH/c14-11(15)9-1-3-10(4-2-9)13-7-5-12-6-8-13;;/h1-4,12,14-15H,5-8H2;2*1H. The Balaban J connectivity index is 0.00000128. The number of rotatable bonds is 2. The van der Waals surface area contributed by atoms with Crippen molar-refractivity contribution < 1.29 is 10.0 Å². The second-order valence-corrected chi connectivity index (χ2v) is 3.70. The van der Waals surface area contributed by atoms with E-state index in [-0.39, 0.29) is 24.8 Å². The summed E-state index contributed by atoms with van der Waals surface area (Å²) < 4.78 is 0. The summed E-state index contributed by atoms with van der Waals surface area (Å²) in [5.74, 6) is 0. The number of hydrogen-bond acceptors (Lipinski definition) is 4. The minimum atomic E-state index is -1.37. The number of hydrogen-bond donors (Lipinski definition) is 3. The lowest BCUT2D eigenvalue weighted by Crippen LogP contribution is -2.43. The van der Waals surface area contributed by atoms with E-state index in [4.69, 9.17) is 10.0 Å². The van der Waals surface area contributed by atoms with E-state index < -0.39 is 7.12 Å². The van der Waals surface area contributed by atoms with Gasteiger partial charge in [0.05, 0.1) is 0 Å². The van der Waals surface area contributed by atoms with Crippen molar-refractivity contribution >= 4 is 43.1 Å². The van der Waals surface area contributed by atoms with Crippen LogP contribution in [0.3, 0.4) is 0 Å². The molecule has 0 spiro atoms. The summed E-state index contributed by atoms with van der Waals surface area (Å²) in [4.78, 5) is 2.28. The van der Waals surface area contributed by atoms with Crippen molar-refractivity contribution in [1.29, 1.82) is 0 Å². The Labute approximate surface area is 114 Å². The van der Waals surface area contributed by atoms with Crippen LogP contribution in [0.5, 0.6) is 0 Å². The lowest BCUT2D eigenvalue weighted by molar-refractivity contribution is 0.426. The quantitative estimate of drug-likeness (QED) is 0.646. The molecular formula is C10H17BCl2N2O2. The Hall–Kier alpha value is -0.455. The molecule has 1 aromatic rings. The molecule has 1 fully saturated rings. The minimum Gasteiger partial charge on any atom is -0.423 e. The predicted octanol–water partition coefficient (Wildman–Crippen LogP) is -0.380. The summed E-state index contributed by atoms with van der Waals surface area (Å²) in [5.41, 5.74) is 1.68. The highest BCUT2D eigenvalue weighted by Gasteiger charge is 2.13. The highest BCUT2D eigenvalue weighted by Crippen LogP contribution is 2.12. The molecule has 2 rings (SSSR count). The van der Waals surface area contributed by atoms with Gasteiger partial charge in [0.25, 0.3) is 0 Å². The Morgan fingerprint density at radius 1 is 1.00 bits per heavy atom. The number of halogens is 2. The van der Waals surface area contributed by atoms with Crippen LogP contribution in [0.4, 0.5) is 5.69 Å². The molecule has 4 nitrogen and oxygen atoms in total. The molecule has 1 heterocycles. The largest absolute Gasteiger partial charge is 0.488 e. The van der Waals surface area contributed by atoms with Gasteiger partial charge in [0.2, 0.25) is 0 Å². The summed E-state index contributed by atoms with van der Waals surface area (Å²) in [7, 11) is -1.37. The second-order valence-electron chi connectivity index (χ2n) is 3.70. The number of nitrogens with one attached hydrogen (secondary N) is 1. The van der Waals surface area contributed by atoms with Crippen LogP contribution in [0.15, 0.2) is 24.3 Å². The number of nitrogens with zero attached hydrogens (tertiary/aromatic N) is 1. The molecule has 0 saturated carbocycles. The van der Waals surface area contributed by atoms with Gasteiger partial charge >= 0.3 is 7.12 Å². The fourth-order valence-electron chi connectivity index (χ4n) is 1.78. The van der Waals surface area contributed by atoms with E-state index in [0.717, 1.165) is 31.9 Å². The molecule has 3 N–H and O–H groups in total. The molecule has 0 atom stereocenters. The molecule has 0 aliphatic carbocycles. The van der Waals surface area contributed by atoms with Gasteiger partial charge in [0, 0.05) is 31.9 Å². The van der Waals surface area contributed by atoms with Gasteiger partial charge < -0.3 is 20.3 Å². The van der Waals surface area contributed by atoms with Gasteiger partial charge in [-0.25, -0.2) is 0 Å². The zero-order chi connectivity index (χ0) is 10.7. The van der Waals surface area contributed by atoms with Gasteiger partial charge in [-0.2, -0.15) is 0 Å². The molecule has 0 aromatic heterocycles. The van der Waals surface area contributed by atoms with Crippen molar-refractivity contribution in [2.75, 3.05) is 31.1 Å². The van der Waals surface area contributed by atoms with Crippen LogP contribution in [-0.4, -0.2) is 43.3 Å². The molecule has 0 unspecified atom stereocenters. The topological polar surface area (TPSA) is 55.7 Å². The molecule has 1 aliphatic rings. The average molecular weight is 279 g/mol. The molecule has 96 valence electrons. The van der Waals surface area contributed by atoms with Gasteiger partial charge in [-0.1, -0.05) is 12.1 Å². The van der Waals surface area contributed by atoms with Crippen molar-refractivity contribution in [3.8, 4) is 0 Å². The molecular weight excluding hydrogens is 262 g/mol. The third kappa shape index (κ3) is 4.37. The number of anilines is 1. The fourth-order valence-corrected chi connectivity index (χ4v) is 1.78. The van der Waals surface area contributed by atoms with Crippen molar-refractivity contribution in [2.45, 2.75) is 0 Å². The number of benzene rings is 1. The van der Waals surface area contributed by atoms with Crippen molar-refractivity contribution in [3.63, 3.8) is 0 Å². The molecule has 7 heteroatoms. The smallest absolute Gasteiger partial charge is 0.423 e. The zero-order valence-electron chi connectivity index (χ0n) is 9.37. The predicted molar refractivity (Wildman–Crippen MR) is 75.8 cm³/mol. The summed E-state index contributed by atoms with van der Waals surface area (Å²) in [5, 5.41) is 21.2. The molecule has 0 bridgehead atoms. The van der Waals surface area contributed by atoms with Gasteiger partial charge in [-0.15, -0.1) is 24.8 Å². The second kappa shape index (κ2) is 7.79. The normalized spacial score (nSPS) is 14.6. The van der Waals surface area contributed by atoms with E-state index in [1.165, 1.54) is 0 Å². The molecule has 0 amide bonds. The Morgan fingerprint density at radius 3 is 2.00 bits per heavy atom. The van der Waals surface area contributed by atoms with E-state index in [1.807, 2.05) is 12.1 Å². The lowest BCUT2D eigenvalue weighted by Gasteiger charge is -2.29. The van der Waals surface area contributed by atoms with Gasteiger partial charge in [-0.3, -0.25) is 0 Å². The molecule has 0 radical (unpaired) electrons. The Bertz CT molecular complexity index is 319. The monoisotopic (exact) mass is 278 g/mol. The minimum absolute atomic E-state index is 0.